The van der Waals surface area contributed by atoms with Crippen molar-refractivity contribution in [2.75, 3.05) is 20.2 Å². The summed E-state index contributed by atoms with van der Waals surface area (Å²) in [5, 5.41) is 13.6. The SMILES string of the molecule is COc1ccc(-c2nn(CC(=O)N3CCCCC3)cc2-c2ccc(C#N)c(F)c2)cc1F. The van der Waals surface area contributed by atoms with Gasteiger partial charge >= 0.3 is 0 Å². The Morgan fingerprint density at radius 3 is 2.47 bits per heavy atom. The van der Waals surface area contributed by atoms with Gasteiger partial charge in [-0.3, -0.25) is 9.48 Å². The van der Waals surface area contributed by atoms with Crippen LogP contribution >= 0.6 is 0 Å². The van der Waals surface area contributed by atoms with Crippen LogP contribution in [-0.2, 0) is 11.3 Å². The highest BCUT2D eigenvalue weighted by Gasteiger charge is 2.20. The Labute approximate surface area is 184 Å². The summed E-state index contributed by atoms with van der Waals surface area (Å²) in [6, 6.07) is 10.5. The van der Waals surface area contributed by atoms with Crippen molar-refractivity contribution in [3.05, 3.63) is 59.8 Å². The highest BCUT2D eigenvalue weighted by Crippen LogP contribution is 2.34. The number of nitrogens with zero attached hydrogens (tertiary/aromatic N) is 4. The van der Waals surface area contributed by atoms with Gasteiger partial charge in [0.25, 0.3) is 0 Å². The first-order valence-electron chi connectivity index (χ1n) is 10.4. The van der Waals surface area contributed by atoms with E-state index in [-0.39, 0.29) is 23.8 Å². The van der Waals surface area contributed by atoms with Crippen LogP contribution in [0.1, 0.15) is 24.8 Å². The van der Waals surface area contributed by atoms with Crippen molar-refractivity contribution in [2.24, 2.45) is 0 Å². The summed E-state index contributed by atoms with van der Waals surface area (Å²) in [6.07, 6.45) is 4.74. The molecule has 6 nitrogen and oxygen atoms in total. The lowest BCUT2D eigenvalue weighted by atomic mass is 10.0. The minimum Gasteiger partial charge on any atom is -0.494 e. The third-order valence-corrected chi connectivity index (χ3v) is 5.59. The van der Waals surface area contributed by atoms with Gasteiger partial charge in [0.1, 0.15) is 24.1 Å². The lowest BCUT2D eigenvalue weighted by Gasteiger charge is -2.26. The fourth-order valence-corrected chi connectivity index (χ4v) is 3.90. The molecule has 8 heteroatoms. The summed E-state index contributed by atoms with van der Waals surface area (Å²) in [4.78, 5) is 14.5. The quantitative estimate of drug-likeness (QED) is 0.595. The van der Waals surface area contributed by atoms with Gasteiger partial charge in [-0.2, -0.15) is 10.4 Å². The highest BCUT2D eigenvalue weighted by atomic mass is 19.1. The number of aromatic nitrogens is 2. The summed E-state index contributed by atoms with van der Waals surface area (Å²) < 4.78 is 35.2. The molecule has 0 saturated carbocycles. The molecule has 0 unspecified atom stereocenters. The fraction of sp³-hybridized carbons (Fsp3) is 0.292. The molecule has 1 saturated heterocycles. The predicted octanol–water partition coefficient (Wildman–Crippen LogP) is 4.39. The van der Waals surface area contributed by atoms with E-state index < -0.39 is 11.6 Å². The number of piperidine rings is 1. The van der Waals surface area contributed by atoms with E-state index in [1.165, 1.54) is 36.1 Å². The first kappa shape index (κ1) is 21.5. The number of hydrogen-bond donors (Lipinski definition) is 0. The van der Waals surface area contributed by atoms with E-state index in [9.17, 15) is 13.6 Å². The number of methoxy groups -OCH3 is 1. The van der Waals surface area contributed by atoms with Crippen LogP contribution in [0.4, 0.5) is 8.78 Å². The van der Waals surface area contributed by atoms with Gasteiger partial charge in [-0.25, -0.2) is 8.78 Å². The summed E-state index contributed by atoms with van der Waals surface area (Å²) in [7, 11) is 1.38. The molecule has 0 radical (unpaired) electrons. The third-order valence-electron chi connectivity index (χ3n) is 5.59. The van der Waals surface area contributed by atoms with E-state index in [2.05, 4.69) is 5.10 Å². The first-order valence-corrected chi connectivity index (χ1v) is 10.4. The van der Waals surface area contributed by atoms with E-state index in [1.807, 2.05) is 4.90 Å². The van der Waals surface area contributed by atoms with Gasteiger partial charge in [-0.05, 0) is 55.2 Å². The van der Waals surface area contributed by atoms with Gasteiger partial charge in [0.05, 0.1) is 12.7 Å². The molecule has 32 heavy (non-hydrogen) atoms. The van der Waals surface area contributed by atoms with Gasteiger partial charge in [-0.15, -0.1) is 0 Å². The molecule has 0 atom stereocenters. The highest BCUT2D eigenvalue weighted by molar-refractivity contribution is 5.82. The Balaban J connectivity index is 1.74. The molecule has 0 N–H and O–H groups in total. The van der Waals surface area contributed by atoms with Crippen molar-refractivity contribution in [3.8, 4) is 34.2 Å². The van der Waals surface area contributed by atoms with Gasteiger partial charge in [0.15, 0.2) is 11.6 Å². The molecule has 0 bridgehead atoms. The molecule has 1 aromatic heterocycles. The van der Waals surface area contributed by atoms with Crippen molar-refractivity contribution in [3.63, 3.8) is 0 Å². The second-order valence-electron chi connectivity index (χ2n) is 7.69. The zero-order valence-corrected chi connectivity index (χ0v) is 17.6. The first-order chi connectivity index (χ1) is 15.5. The third kappa shape index (κ3) is 4.33. The predicted molar refractivity (Wildman–Crippen MR) is 115 cm³/mol. The Bertz CT molecular complexity index is 1190. The molecule has 2 heterocycles. The van der Waals surface area contributed by atoms with E-state index in [0.717, 1.165) is 32.4 Å². The van der Waals surface area contributed by atoms with Crippen LogP contribution in [0.3, 0.4) is 0 Å². The van der Waals surface area contributed by atoms with Crippen LogP contribution < -0.4 is 4.74 Å². The van der Waals surface area contributed by atoms with E-state index in [1.54, 1.807) is 24.4 Å². The molecule has 0 aliphatic carbocycles. The lowest BCUT2D eigenvalue weighted by Crippen LogP contribution is -2.37. The number of nitriles is 1. The van der Waals surface area contributed by atoms with Gasteiger partial charge in [-0.1, -0.05) is 6.07 Å². The standard InChI is InChI=1S/C24H22F2N4O2/c1-32-22-8-7-17(12-21(22)26)24-19(16-5-6-18(13-27)20(25)11-16)14-30(28-24)15-23(31)29-9-3-2-4-10-29/h5-8,11-12,14H,2-4,9-10,15H2,1H3. The maximum absolute atomic E-state index is 14.4. The molecule has 1 fully saturated rings. The monoisotopic (exact) mass is 436 g/mol. The number of likely N-dealkylation sites (tertiary alicyclic amines) is 1. The Morgan fingerprint density at radius 2 is 1.81 bits per heavy atom. The van der Waals surface area contributed by atoms with E-state index >= 15 is 0 Å². The van der Waals surface area contributed by atoms with E-state index in [0.29, 0.717) is 22.4 Å². The average Bonchev–Trinajstić information content (AvgIpc) is 3.23. The molecule has 4 rings (SSSR count). The van der Waals surface area contributed by atoms with Crippen molar-refractivity contribution < 1.29 is 18.3 Å². The largest absolute Gasteiger partial charge is 0.494 e. The van der Waals surface area contributed by atoms with Crippen LogP contribution in [0.15, 0.2) is 42.6 Å². The van der Waals surface area contributed by atoms with Crippen molar-refractivity contribution in [1.29, 1.82) is 5.26 Å². The molecular formula is C24H22F2N4O2. The zero-order chi connectivity index (χ0) is 22.7. The lowest BCUT2D eigenvalue weighted by molar-refractivity contribution is -0.132. The topological polar surface area (TPSA) is 71.2 Å². The maximum atomic E-state index is 14.4. The van der Waals surface area contributed by atoms with Gasteiger partial charge < -0.3 is 9.64 Å². The maximum Gasteiger partial charge on any atom is 0.244 e. The van der Waals surface area contributed by atoms with Crippen molar-refractivity contribution in [2.45, 2.75) is 25.8 Å². The smallest absolute Gasteiger partial charge is 0.244 e. The molecule has 3 aromatic rings. The normalized spacial score (nSPS) is 13.6. The molecule has 164 valence electrons. The molecule has 1 aliphatic rings. The minimum atomic E-state index is -0.658. The average molecular weight is 436 g/mol. The number of carbonyl (C=O) groups excluding carboxylic acids is 1. The van der Waals surface area contributed by atoms with Gasteiger partial charge in [0, 0.05) is 30.4 Å². The second-order valence-corrected chi connectivity index (χ2v) is 7.69. The number of ether oxygens (including phenoxy) is 1. The Hall–Kier alpha value is -3.73. The van der Waals surface area contributed by atoms with Gasteiger partial charge in [0.2, 0.25) is 5.91 Å². The summed E-state index contributed by atoms with van der Waals surface area (Å²) in [5.74, 6) is -1.16. The Kier molecular flexibility index (Phi) is 6.17. The van der Waals surface area contributed by atoms with Crippen LogP contribution in [0.2, 0.25) is 0 Å². The number of halogens is 2. The molecule has 1 amide bonds. The molecule has 2 aromatic carbocycles. The van der Waals surface area contributed by atoms with Crippen LogP contribution in [-0.4, -0.2) is 40.8 Å². The van der Waals surface area contributed by atoms with Crippen molar-refractivity contribution in [1.82, 2.24) is 14.7 Å². The molecule has 0 spiro atoms. The van der Waals surface area contributed by atoms with Crippen LogP contribution in [0, 0.1) is 23.0 Å². The number of rotatable bonds is 5. The number of carbonyl (C=O) groups is 1. The zero-order valence-electron chi connectivity index (χ0n) is 17.6. The molecule has 1 aliphatic heterocycles. The minimum absolute atomic E-state index is 0.0321. The van der Waals surface area contributed by atoms with Crippen LogP contribution in [0.25, 0.3) is 22.4 Å². The van der Waals surface area contributed by atoms with Crippen LogP contribution in [0.5, 0.6) is 5.75 Å². The fourth-order valence-electron chi connectivity index (χ4n) is 3.90. The summed E-state index contributed by atoms with van der Waals surface area (Å²) >= 11 is 0. The second kappa shape index (κ2) is 9.18. The summed E-state index contributed by atoms with van der Waals surface area (Å²) in [6.45, 7) is 1.49. The Morgan fingerprint density at radius 1 is 1.09 bits per heavy atom. The number of hydrogen-bond acceptors (Lipinski definition) is 4. The summed E-state index contributed by atoms with van der Waals surface area (Å²) in [5.41, 5.74) is 1.81. The number of benzene rings is 2. The van der Waals surface area contributed by atoms with E-state index in [4.69, 9.17) is 10.00 Å². The number of amides is 1. The molecular weight excluding hydrogens is 414 g/mol. The van der Waals surface area contributed by atoms with Crippen molar-refractivity contribution >= 4 is 5.91 Å².